The largest absolute Gasteiger partial charge is 0.363 e. The van der Waals surface area contributed by atoms with Crippen LogP contribution in [0.2, 0.25) is 0 Å². The monoisotopic (exact) mass is 188 g/mol. The summed E-state index contributed by atoms with van der Waals surface area (Å²) in [6.07, 6.45) is 6.48. The standard InChI is InChI=1S/C9H8N4O/c10-8(14)9-12-5-6-13(9)7-1-3-11-4-2-7/h1-6H,(H2,10,14). The van der Waals surface area contributed by atoms with E-state index < -0.39 is 5.91 Å². The molecule has 0 aliphatic rings. The van der Waals surface area contributed by atoms with Crippen LogP contribution in [0, 0.1) is 0 Å². The number of carbonyl (C=O) groups excluding carboxylic acids is 1. The van der Waals surface area contributed by atoms with Gasteiger partial charge >= 0.3 is 0 Å². The van der Waals surface area contributed by atoms with E-state index >= 15 is 0 Å². The normalized spacial score (nSPS) is 10.0. The van der Waals surface area contributed by atoms with Gasteiger partial charge in [-0.05, 0) is 12.1 Å². The molecule has 5 heteroatoms. The van der Waals surface area contributed by atoms with Gasteiger partial charge in [0.15, 0.2) is 0 Å². The number of nitrogens with zero attached hydrogens (tertiary/aromatic N) is 3. The van der Waals surface area contributed by atoms with Gasteiger partial charge in [-0.15, -0.1) is 0 Å². The van der Waals surface area contributed by atoms with Crippen LogP contribution in [0.25, 0.3) is 5.69 Å². The number of hydrogen-bond acceptors (Lipinski definition) is 3. The minimum Gasteiger partial charge on any atom is -0.363 e. The second kappa shape index (κ2) is 3.29. The first-order chi connectivity index (χ1) is 6.79. The lowest BCUT2D eigenvalue weighted by molar-refractivity contribution is 0.0989. The number of amides is 1. The first-order valence-electron chi connectivity index (χ1n) is 4.02. The lowest BCUT2D eigenvalue weighted by Gasteiger charge is -2.03. The van der Waals surface area contributed by atoms with Gasteiger partial charge in [0.1, 0.15) is 0 Å². The Kier molecular flexibility index (Phi) is 1.98. The molecule has 0 spiro atoms. The smallest absolute Gasteiger partial charge is 0.285 e. The quantitative estimate of drug-likeness (QED) is 0.739. The average Bonchev–Trinajstić information content (AvgIpc) is 2.67. The fourth-order valence-corrected chi connectivity index (χ4v) is 1.20. The van der Waals surface area contributed by atoms with E-state index in [1.54, 1.807) is 35.3 Å². The summed E-state index contributed by atoms with van der Waals surface area (Å²) in [5.41, 5.74) is 5.97. The molecule has 0 aromatic carbocycles. The summed E-state index contributed by atoms with van der Waals surface area (Å²) >= 11 is 0. The maximum Gasteiger partial charge on any atom is 0.285 e. The number of rotatable bonds is 2. The Morgan fingerprint density at radius 1 is 1.29 bits per heavy atom. The summed E-state index contributed by atoms with van der Waals surface area (Å²) in [4.78, 5) is 18.7. The summed E-state index contributed by atoms with van der Waals surface area (Å²) in [6.45, 7) is 0. The van der Waals surface area contributed by atoms with E-state index in [9.17, 15) is 4.79 Å². The van der Waals surface area contributed by atoms with Crippen molar-refractivity contribution in [3.8, 4) is 5.69 Å². The van der Waals surface area contributed by atoms with Crippen molar-refractivity contribution in [2.24, 2.45) is 5.73 Å². The molecule has 5 nitrogen and oxygen atoms in total. The fourth-order valence-electron chi connectivity index (χ4n) is 1.20. The molecule has 0 saturated heterocycles. The molecule has 0 aliphatic heterocycles. The summed E-state index contributed by atoms with van der Waals surface area (Å²) in [7, 11) is 0. The number of primary amides is 1. The molecule has 2 rings (SSSR count). The van der Waals surface area contributed by atoms with Gasteiger partial charge in [0, 0.05) is 24.8 Å². The number of imidazole rings is 1. The predicted molar refractivity (Wildman–Crippen MR) is 49.9 cm³/mol. The Morgan fingerprint density at radius 3 is 2.64 bits per heavy atom. The van der Waals surface area contributed by atoms with Crippen LogP contribution >= 0.6 is 0 Å². The van der Waals surface area contributed by atoms with E-state index in [0.717, 1.165) is 5.69 Å². The van der Waals surface area contributed by atoms with E-state index in [0.29, 0.717) is 0 Å². The molecule has 1 amide bonds. The molecule has 70 valence electrons. The highest BCUT2D eigenvalue weighted by Gasteiger charge is 2.09. The number of aromatic nitrogens is 3. The van der Waals surface area contributed by atoms with Crippen molar-refractivity contribution < 1.29 is 4.79 Å². The average molecular weight is 188 g/mol. The van der Waals surface area contributed by atoms with Gasteiger partial charge in [-0.1, -0.05) is 0 Å². The van der Waals surface area contributed by atoms with Gasteiger partial charge in [0.05, 0.1) is 5.69 Å². The predicted octanol–water partition coefficient (Wildman–Crippen LogP) is 0.366. The molecule has 0 saturated carbocycles. The SMILES string of the molecule is NC(=O)c1nccn1-c1ccncc1. The van der Waals surface area contributed by atoms with Crippen molar-refractivity contribution >= 4 is 5.91 Å². The van der Waals surface area contributed by atoms with E-state index in [1.807, 2.05) is 0 Å². The van der Waals surface area contributed by atoms with Crippen molar-refractivity contribution in [3.63, 3.8) is 0 Å². The zero-order chi connectivity index (χ0) is 9.97. The zero-order valence-electron chi connectivity index (χ0n) is 7.29. The van der Waals surface area contributed by atoms with Crippen LogP contribution in [0.3, 0.4) is 0 Å². The minimum absolute atomic E-state index is 0.219. The molecule has 2 heterocycles. The molecule has 2 N–H and O–H groups in total. The Bertz CT molecular complexity index is 449. The first-order valence-corrected chi connectivity index (χ1v) is 4.02. The van der Waals surface area contributed by atoms with Crippen molar-refractivity contribution in [2.75, 3.05) is 0 Å². The van der Waals surface area contributed by atoms with E-state index in [4.69, 9.17) is 5.73 Å². The molecular formula is C9H8N4O. The molecule has 2 aromatic heterocycles. The highest BCUT2D eigenvalue weighted by atomic mass is 16.1. The van der Waals surface area contributed by atoms with E-state index in [-0.39, 0.29) is 5.82 Å². The Balaban J connectivity index is 2.52. The topological polar surface area (TPSA) is 73.8 Å². The molecule has 0 radical (unpaired) electrons. The lowest BCUT2D eigenvalue weighted by atomic mass is 10.4. The van der Waals surface area contributed by atoms with Crippen LogP contribution in [0.5, 0.6) is 0 Å². The molecule has 0 fully saturated rings. The van der Waals surface area contributed by atoms with Gasteiger partial charge in [-0.25, -0.2) is 4.98 Å². The van der Waals surface area contributed by atoms with E-state index in [2.05, 4.69) is 9.97 Å². The molecule has 0 unspecified atom stereocenters. The van der Waals surface area contributed by atoms with Gasteiger partial charge in [-0.2, -0.15) is 0 Å². The Hall–Kier alpha value is -2.17. The van der Waals surface area contributed by atoms with Crippen LogP contribution in [0.15, 0.2) is 36.9 Å². The van der Waals surface area contributed by atoms with Crippen LogP contribution in [-0.2, 0) is 0 Å². The highest BCUT2D eigenvalue weighted by Crippen LogP contribution is 2.08. The third-order valence-corrected chi connectivity index (χ3v) is 1.80. The number of pyridine rings is 1. The highest BCUT2D eigenvalue weighted by molar-refractivity contribution is 5.89. The van der Waals surface area contributed by atoms with Gasteiger partial charge < -0.3 is 5.73 Å². The third kappa shape index (κ3) is 1.35. The summed E-state index contributed by atoms with van der Waals surface area (Å²) in [5.74, 6) is -0.331. The summed E-state index contributed by atoms with van der Waals surface area (Å²) < 4.78 is 1.62. The molecule has 0 bridgehead atoms. The fraction of sp³-hybridized carbons (Fsp3) is 0. The molecule has 14 heavy (non-hydrogen) atoms. The van der Waals surface area contributed by atoms with E-state index in [1.165, 1.54) is 6.20 Å². The summed E-state index contributed by atoms with van der Waals surface area (Å²) in [5, 5.41) is 0. The van der Waals surface area contributed by atoms with Crippen molar-refractivity contribution in [3.05, 3.63) is 42.7 Å². The number of carbonyl (C=O) groups is 1. The maximum absolute atomic E-state index is 11.0. The van der Waals surface area contributed by atoms with Crippen molar-refractivity contribution in [1.29, 1.82) is 0 Å². The van der Waals surface area contributed by atoms with Gasteiger partial charge in [0.2, 0.25) is 5.82 Å². The Morgan fingerprint density at radius 2 is 2.00 bits per heavy atom. The third-order valence-electron chi connectivity index (χ3n) is 1.80. The molecular weight excluding hydrogens is 180 g/mol. The number of nitrogens with two attached hydrogens (primary N) is 1. The molecule has 0 aliphatic carbocycles. The van der Waals surface area contributed by atoms with Crippen molar-refractivity contribution in [2.45, 2.75) is 0 Å². The first kappa shape index (κ1) is 8.43. The second-order valence-electron chi connectivity index (χ2n) is 2.69. The van der Waals surface area contributed by atoms with Crippen LogP contribution in [-0.4, -0.2) is 20.4 Å². The Labute approximate surface area is 80.2 Å². The number of hydrogen-bond donors (Lipinski definition) is 1. The lowest BCUT2D eigenvalue weighted by Crippen LogP contribution is -2.17. The van der Waals surface area contributed by atoms with Crippen LogP contribution in [0.4, 0.5) is 0 Å². The van der Waals surface area contributed by atoms with Gasteiger partial charge in [0.25, 0.3) is 5.91 Å². The molecule has 0 atom stereocenters. The summed E-state index contributed by atoms with van der Waals surface area (Å²) in [6, 6.07) is 3.54. The van der Waals surface area contributed by atoms with Crippen molar-refractivity contribution in [1.82, 2.24) is 14.5 Å². The minimum atomic E-state index is -0.549. The van der Waals surface area contributed by atoms with Crippen LogP contribution < -0.4 is 5.73 Å². The van der Waals surface area contributed by atoms with Gasteiger partial charge in [-0.3, -0.25) is 14.3 Å². The maximum atomic E-state index is 11.0. The zero-order valence-corrected chi connectivity index (χ0v) is 7.29. The van der Waals surface area contributed by atoms with Crippen LogP contribution in [0.1, 0.15) is 10.6 Å². The second-order valence-corrected chi connectivity index (χ2v) is 2.69. The molecule has 2 aromatic rings.